The van der Waals surface area contributed by atoms with Crippen molar-refractivity contribution in [3.05, 3.63) is 59.5 Å². The van der Waals surface area contributed by atoms with Crippen molar-refractivity contribution in [2.75, 3.05) is 25.5 Å². The molecule has 0 atom stereocenters. The third-order valence-corrected chi connectivity index (χ3v) is 8.00. The van der Waals surface area contributed by atoms with Crippen molar-refractivity contribution in [1.29, 1.82) is 0 Å². The van der Waals surface area contributed by atoms with Crippen molar-refractivity contribution in [3.63, 3.8) is 0 Å². The number of amides is 1. The molecule has 2 heterocycles. The molecule has 4 rings (SSSR count). The standard InChI is InChI=1S/C22H22N4O5S2/c1-31-22(28)18-4-2-3-5-20(18)33(29,30)26-12-10-16(11-13-26)21(27)23-17-8-6-15(7-9-17)19-14-32-25-24-19/h2-9,14,16H,10-13H2,1H3,(H,23,27). The fraction of sp³-hybridized carbons (Fsp3) is 0.273. The summed E-state index contributed by atoms with van der Waals surface area (Å²) < 4.78 is 36.1. The molecule has 0 saturated carbocycles. The van der Waals surface area contributed by atoms with E-state index < -0.39 is 16.0 Å². The number of esters is 1. The van der Waals surface area contributed by atoms with Gasteiger partial charge < -0.3 is 10.1 Å². The van der Waals surface area contributed by atoms with Gasteiger partial charge in [-0.15, -0.1) is 5.10 Å². The number of hydrogen-bond acceptors (Lipinski definition) is 8. The van der Waals surface area contributed by atoms with E-state index in [1.54, 1.807) is 24.3 Å². The fourth-order valence-electron chi connectivity index (χ4n) is 3.73. The van der Waals surface area contributed by atoms with Crippen LogP contribution in [-0.2, 0) is 19.6 Å². The Kier molecular flexibility index (Phi) is 6.82. The second-order valence-electron chi connectivity index (χ2n) is 7.52. The van der Waals surface area contributed by atoms with Gasteiger partial charge in [-0.05, 0) is 48.6 Å². The Balaban J connectivity index is 1.38. The van der Waals surface area contributed by atoms with Crippen LogP contribution < -0.4 is 5.32 Å². The van der Waals surface area contributed by atoms with Gasteiger partial charge in [-0.1, -0.05) is 28.8 Å². The Labute approximate surface area is 195 Å². The van der Waals surface area contributed by atoms with Crippen molar-refractivity contribution < 1.29 is 22.7 Å². The summed E-state index contributed by atoms with van der Waals surface area (Å²) in [5.41, 5.74) is 2.35. The summed E-state index contributed by atoms with van der Waals surface area (Å²) in [6, 6.07) is 13.3. The van der Waals surface area contributed by atoms with Crippen molar-refractivity contribution in [3.8, 4) is 11.3 Å². The van der Waals surface area contributed by atoms with Gasteiger partial charge in [-0.2, -0.15) is 4.31 Å². The minimum atomic E-state index is -3.89. The lowest BCUT2D eigenvalue weighted by Crippen LogP contribution is -2.41. The predicted octanol–water partition coefficient (Wildman–Crippen LogP) is 3.03. The Bertz CT molecular complexity index is 1240. The summed E-state index contributed by atoms with van der Waals surface area (Å²) in [5.74, 6) is -1.17. The molecule has 0 spiro atoms. The van der Waals surface area contributed by atoms with Crippen molar-refractivity contribution in [1.82, 2.24) is 13.9 Å². The maximum Gasteiger partial charge on any atom is 0.339 e. The van der Waals surface area contributed by atoms with Crippen LogP contribution in [0.25, 0.3) is 11.3 Å². The molecule has 1 amide bonds. The molecule has 1 aliphatic heterocycles. The molecular formula is C22H22N4O5S2. The van der Waals surface area contributed by atoms with E-state index in [4.69, 9.17) is 4.74 Å². The highest BCUT2D eigenvalue weighted by atomic mass is 32.2. The van der Waals surface area contributed by atoms with Gasteiger partial charge in [0.15, 0.2) is 0 Å². The van der Waals surface area contributed by atoms with Gasteiger partial charge in [0.25, 0.3) is 0 Å². The van der Waals surface area contributed by atoms with Gasteiger partial charge >= 0.3 is 5.97 Å². The van der Waals surface area contributed by atoms with Gasteiger partial charge in [-0.3, -0.25) is 4.79 Å². The molecule has 33 heavy (non-hydrogen) atoms. The van der Waals surface area contributed by atoms with Crippen LogP contribution in [-0.4, -0.2) is 54.4 Å². The number of hydrogen-bond donors (Lipinski definition) is 1. The Morgan fingerprint density at radius 2 is 1.79 bits per heavy atom. The van der Waals surface area contributed by atoms with Crippen LogP contribution in [0.2, 0.25) is 0 Å². The van der Waals surface area contributed by atoms with Gasteiger partial charge in [0.1, 0.15) is 5.69 Å². The van der Waals surface area contributed by atoms with E-state index in [-0.39, 0.29) is 35.4 Å². The maximum atomic E-state index is 13.1. The molecule has 1 aromatic heterocycles. The van der Waals surface area contributed by atoms with Crippen LogP contribution in [0.15, 0.2) is 58.8 Å². The molecule has 172 valence electrons. The van der Waals surface area contributed by atoms with E-state index >= 15 is 0 Å². The van der Waals surface area contributed by atoms with E-state index in [2.05, 4.69) is 14.9 Å². The summed E-state index contributed by atoms with van der Waals surface area (Å²) >= 11 is 1.27. The maximum absolute atomic E-state index is 13.1. The summed E-state index contributed by atoms with van der Waals surface area (Å²) in [6.45, 7) is 0.372. The van der Waals surface area contributed by atoms with Crippen LogP contribution >= 0.6 is 11.5 Å². The molecule has 0 radical (unpaired) electrons. The Morgan fingerprint density at radius 3 is 2.42 bits per heavy atom. The lowest BCUT2D eigenvalue weighted by molar-refractivity contribution is -0.120. The first-order valence-electron chi connectivity index (χ1n) is 10.3. The molecule has 1 N–H and O–H groups in total. The molecule has 1 aliphatic rings. The number of piperidine rings is 1. The molecule has 0 bridgehead atoms. The van der Waals surface area contributed by atoms with Gasteiger partial charge in [-0.25, -0.2) is 13.2 Å². The highest BCUT2D eigenvalue weighted by molar-refractivity contribution is 7.89. The highest BCUT2D eigenvalue weighted by Gasteiger charge is 2.34. The molecule has 9 nitrogen and oxygen atoms in total. The number of aromatic nitrogens is 2. The number of carbonyl (C=O) groups is 2. The van der Waals surface area contributed by atoms with E-state index in [1.807, 2.05) is 17.5 Å². The van der Waals surface area contributed by atoms with Crippen LogP contribution in [0.1, 0.15) is 23.2 Å². The average molecular weight is 487 g/mol. The summed E-state index contributed by atoms with van der Waals surface area (Å²) in [4.78, 5) is 24.6. The van der Waals surface area contributed by atoms with Gasteiger partial charge in [0.2, 0.25) is 15.9 Å². The topological polar surface area (TPSA) is 119 Å². The number of methoxy groups -OCH3 is 1. The summed E-state index contributed by atoms with van der Waals surface area (Å²) in [7, 11) is -2.68. The van der Waals surface area contributed by atoms with Crippen molar-refractivity contribution >= 4 is 39.1 Å². The normalized spacial score (nSPS) is 15.2. The smallest absolute Gasteiger partial charge is 0.339 e. The SMILES string of the molecule is COC(=O)c1ccccc1S(=O)(=O)N1CCC(C(=O)Nc2ccc(-c3csnn3)cc2)CC1. The van der Waals surface area contributed by atoms with E-state index in [0.717, 1.165) is 11.3 Å². The molecule has 0 unspecified atom stereocenters. The van der Waals surface area contributed by atoms with E-state index in [9.17, 15) is 18.0 Å². The van der Waals surface area contributed by atoms with Gasteiger partial charge in [0, 0.05) is 35.6 Å². The minimum Gasteiger partial charge on any atom is -0.465 e. The zero-order valence-electron chi connectivity index (χ0n) is 17.8. The quantitative estimate of drug-likeness (QED) is 0.532. The minimum absolute atomic E-state index is 0.00301. The molecule has 2 aromatic carbocycles. The van der Waals surface area contributed by atoms with Gasteiger partial charge in [0.05, 0.1) is 17.6 Å². The second-order valence-corrected chi connectivity index (χ2v) is 10.0. The number of benzene rings is 2. The number of sulfonamides is 1. The Hall–Kier alpha value is -3.15. The number of carbonyl (C=O) groups excluding carboxylic acids is 2. The lowest BCUT2D eigenvalue weighted by atomic mass is 9.97. The monoisotopic (exact) mass is 486 g/mol. The van der Waals surface area contributed by atoms with Crippen LogP contribution in [0.3, 0.4) is 0 Å². The van der Waals surface area contributed by atoms with Crippen LogP contribution in [0.5, 0.6) is 0 Å². The lowest BCUT2D eigenvalue weighted by Gasteiger charge is -2.31. The first-order valence-corrected chi connectivity index (χ1v) is 12.5. The summed E-state index contributed by atoms with van der Waals surface area (Å²) in [6.07, 6.45) is 0.766. The molecule has 1 saturated heterocycles. The largest absolute Gasteiger partial charge is 0.465 e. The van der Waals surface area contributed by atoms with Crippen LogP contribution in [0.4, 0.5) is 5.69 Å². The molecule has 3 aromatic rings. The number of anilines is 1. The number of nitrogens with zero attached hydrogens (tertiary/aromatic N) is 3. The summed E-state index contributed by atoms with van der Waals surface area (Å²) in [5, 5.41) is 8.77. The third-order valence-electron chi connectivity index (χ3n) is 5.54. The Morgan fingerprint density at radius 1 is 1.09 bits per heavy atom. The molecular weight excluding hydrogens is 464 g/mol. The predicted molar refractivity (Wildman–Crippen MR) is 123 cm³/mol. The first-order chi connectivity index (χ1) is 15.9. The first kappa shape index (κ1) is 23.0. The number of rotatable bonds is 6. The second kappa shape index (κ2) is 9.77. The van der Waals surface area contributed by atoms with Crippen molar-refractivity contribution in [2.24, 2.45) is 5.92 Å². The van der Waals surface area contributed by atoms with E-state index in [1.165, 1.54) is 35.1 Å². The van der Waals surface area contributed by atoms with E-state index in [0.29, 0.717) is 18.5 Å². The highest BCUT2D eigenvalue weighted by Crippen LogP contribution is 2.27. The fourth-order valence-corrected chi connectivity index (χ4v) is 5.84. The average Bonchev–Trinajstić information content (AvgIpc) is 3.39. The zero-order chi connectivity index (χ0) is 23.4. The zero-order valence-corrected chi connectivity index (χ0v) is 19.4. The number of ether oxygens (including phenoxy) is 1. The molecule has 1 fully saturated rings. The van der Waals surface area contributed by atoms with Crippen molar-refractivity contribution in [2.45, 2.75) is 17.7 Å². The third kappa shape index (κ3) is 4.95. The van der Waals surface area contributed by atoms with Crippen LogP contribution in [0, 0.1) is 5.92 Å². The number of nitrogens with one attached hydrogen (secondary N) is 1. The molecule has 0 aliphatic carbocycles. The molecule has 11 heteroatoms.